The minimum atomic E-state index is -0.751. The second-order valence-electron chi connectivity index (χ2n) is 10.2. The number of halogens is 1. The molecule has 3 amide bonds. The third-order valence-corrected chi connectivity index (χ3v) is 8.05. The molecule has 190 valence electrons. The number of carbonyl (C=O) groups is 3. The van der Waals surface area contributed by atoms with E-state index in [0.29, 0.717) is 41.9 Å². The number of rotatable bonds is 6. The molecule has 1 aliphatic carbocycles. The van der Waals surface area contributed by atoms with Crippen LogP contribution in [0.4, 0.5) is 4.39 Å². The first-order valence-electron chi connectivity index (χ1n) is 12.8. The molecule has 0 aromatic heterocycles. The van der Waals surface area contributed by atoms with Gasteiger partial charge in [-0.05, 0) is 56.6 Å². The van der Waals surface area contributed by atoms with Crippen molar-refractivity contribution in [1.82, 2.24) is 15.5 Å². The van der Waals surface area contributed by atoms with E-state index in [1.807, 2.05) is 0 Å². The molecule has 5 rings (SSSR count). The van der Waals surface area contributed by atoms with Gasteiger partial charge in [-0.2, -0.15) is 0 Å². The summed E-state index contributed by atoms with van der Waals surface area (Å²) in [7, 11) is 1.77. The van der Waals surface area contributed by atoms with E-state index in [1.54, 1.807) is 19.2 Å². The van der Waals surface area contributed by atoms with Crippen molar-refractivity contribution in [1.29, 1.82) is 0 Å². The number of fused-ring (bicyclic) bond motifs is 1. The molecule has 8 nitrogen and oxygen atoms in total. The van der Waals surface area contributed by atoms with Crippen molar-refractivity contribution < 1.29 is 28.2 Å². The Morgan fingerprint density at radius 3 is 2.69 bits per heavy atom. The Balaban J connectivity index is 1.27. The van der Waals surface area contributed by atoms with Gasteiger partial charge in [-0.25, -0.2) is 4.39 Å². The van der Waals surface area contributed by atoms with Crippen LogP contribution in [0.1, 0.15) is 72.9 Å². The average Bonchev–Trinajstić information content (AvgIpc) is 3.19. The van der Waals surface area contributed by atoms with Gasteiger partial charge in [-0.15, -0.1) is 0 Å². The van der Waals surface area contributed by atoms with Crippen molar-refractivity contribution in [3.63, 3.8) is 0 Å². The highest BCUT2D eigenvalue weighted by atomic mass is 19.1. The van der Waals surface area contributed by atoms with E-state index in [-0.39, 0.29) is 49.2 Å². The summed E-state index contributed by atoms with van der Waals surface area (Å²) in [6.45, 7) is 0.698. The zero-order valence-corrected chi connectivity index (χ0v) is 20.2. The van der Waals surface area contributed by atoms with E-state index in [9.17, 15) is 14.4 Å². The molecule has 3 aliphatic heterocycles. The first kappa shape index (κ1) is 24.3. The molecular weight excluding hydrogens is 453 g/mol. The highest BCUT2D eigenvalue weighted by molar-refractivity contribution is 6.05. The maximum absolute atomic E-state index is 15.6. The molecule has 0 bridgehead atoms. The quantitative estimate of drug-likeness (QED) is 0.598. The number of hydrogen-bond acceptors (Lipinski definition) is 6. The van der Waals surface area contributed by atoms with Crippen LogP contribution < -0.4 is 10.6 Å². The molecule has 9 heteroatoms. The Kier molecular flexibility index (Phi) is 7.18. The Morgan fingerprint density at radius 1 is 1.14 bits per heavy atom. The van der Waals surface area contributed by atoms with Crippen molar-refractivity contribution in [3.8, 4) is 0 Å². The predicted octanol–water partition coefficient (Wildman–Crippen LogP) is 2.22. The number of amides is 3. The zero-order chi connectivity index (χ0) is 24.5. The predicted molar refractivity (Wildman–Crippen MR) is 125 cm³/mol. The maximum Gasteiger partial charge on any atom is 0.255 e. The van der Waals surface area contributed by atoms with E-state index in [0.717, 1.165) is 38.5 Å². The molecule has 2 N–H and O–H groups in total. The van der Waals surface area contributed by atoms with E-state index in [4.69, 9.17) is 9.47 Å². The number of carbonyl (C=O) groups excluding carboxylic acids is 3. The summed E-state index contributed by atoms with van der Waals surface area (Å²) in [4.78, 5) is 38.1. The lowest BCUT2D eigenvalue weighted by atomic mass is 9.89. The van der Waals surface area contributed by atoms with Crippen LogP contribution in [-0.2, 0) is 32.0 Å². The SMILES string of the molecule is CO[C@H]1CC[C@H](N[C@H]2CCCO[C@@H]2Cc2ccc3c(c2F)CN(C2CCC(=O)NC2=O)C3=O)CC1. The van der Waals surface area contributed by atoms with Crippen LogP contribution >= 0.6 is 0 Å². The molecular formula is C26H34FN3O5. The van der Waals surface area contributed by atoms with Gasteiger partial charge in [0.2, 0.25) is 11.8 Å². The smallest absolute Gasteiger partial charge is 0.255 e. The lowest BCUT2D eigenvalue weighted by Gasteiger charge is -2.37. The van der Waals surface area contributed by atoms with Crippen molar-refractivity contribution in [3.05, 3.63) is 34.6 Å². The van der Waals surface area contributed by atoms with Gasteiger partial charge in [0.15, 0.2) is 0 Å². The largest absolute Gasteiger partial charge is 0.381 e. The van der Waals surface area contributed by atoms with E-state index in [1.165, 1.54) is 4.90 Å². The highest BCUT2D eigenvalue weighted by Gasteiger charge is 2.41. The minimum absolute atomic E-state index is 0.0378. The summed E-state index contributed by atoms with van der Waals surface area (Å²) in [5, 5.41) is 6.05. The molecule has 3 fully saturated rings. The average molecular weight is 488 g/mol. The Hall–Kier alpha value is -2.36. The molecule has 3 heterocycles. The zero-order valence-electron chi connectivity index (χ0n) is 20.2. The summed E-state index contributed by atoms with van der Waals surface area (Å²) >= 11 is 0. The third-order valence-electron chi connectivity index (χ3n) is 8.05. The van der Waals surface area contributed by atoms with E-state index >= 15 is 4.39 Å². The summed E-state index contributed by atoms with van der Waals surface area (Å²) in [5.74, 6) is -1.59. The van der Waals surface area contributed by atoms with Crippen molar-refractivity contribution in [2.45, 2.75) is 94.7 Å². The van der Waals surface area contributed by atoms with Crippen LogP contribution in [0.25, 0.3) is 0 Å². The molecule has 35 heavy (non-hydrogen) atoms. The molecule has 1 aromatic rings. The number of hydrogen-bond donors (Lipinski definition) is 2. The van der Waals surface area contributed by atoms with Crippen LogP contribution in [0.15, 0.2) is 12.1 Å². The molecule has 0 spiro atoms. The molecule has 1 unspecified atom stereocenters. The normalized spacial score (nSPS) is 31.4. The molecule has 3 atom stereocenters. The minimum Gasteiger partial charge on any atom is -0.381 e. The van der Waals surface area contributed by atoms with Gasteiger partial charge in [-0.1, -0.05) is 6.07 Å². The topological polar surface area (TPSA) is 97.0 Å². The van der Waals surface area contributed by atoms with Crippen LogP contribution in [0, 0.1) is 5.82 Å². The summed E-state index contributed by atoms with van der Waals surface area (Å²) in [5.41, 5.74) is 1.16. The van der Waals surface area contributed by atoms with Gasteiger partial charge >= 0.3 is 0 Å². The number of imide groups is 1. The van der Waals surface area contributed by atoms with Gasteiger partial charge < -0.3 is 19.7 Å². The molecule has 0 radical (unpaired) electrons. The molecule has 4 aliphatic rings. The van der Waals surface area contributed by atoms with Crippen molar-refractivity contribution >= 4 is 17.7 Å². The first-order chi connectivity index (χ1) is 16.9. The number of benzene rings is 1. The first-order valence-corrected chi connectivity index (χ1v) is 12.8. The highest BCUT2D eigenvalue weighted by Crippen LogP contribution is 2.32. The van der Waals surface area contributed by atoms with Gasteiger partial charge in [0.1, 0.15) is 11.9 Å². The van der Waals surface area contributed by atoms with E-state index in [2.05, 4.69) is 10.6 Å². The van der Waals surface area contributed by atoms with Gasteiger partial charge in [0.25, 0.3) is 5.91 Å². The molecule has 1 saturated carbocycles. The number of piperidine rings is 1. The van der Waals surface area contributed by atoms with Crippen molar-refractivity contribution in [2.24, 2.45) is 0 Å². The fourth-order valence-electron chi connectivity index (χ4n) is 6.03. The monoisotopic (exact) mass is 487 g/mol. The second-order valence-corrected chi connectivity index (χ2v) is 10.2. The maximum atomic E-state index is 15.6. The van der Waals surface area contributed by atoms with Crippen LogP contribution in [-0.4, -0.2) is 66.7 Å². The number of ether oxygens (including phenoxy) is 2. The van der Waals surface area contributed by atoms with Crippen LogP contribution in [0.3, 0.4) is 0 Å². The summed E-state index contributed by atoms with van der Waals surface area (Å²) < 4.78 is 27.2. The Bertz CT molecular complexity index is 993. The van der Waals surface area contributed by atoms with Crippen molar-refractivity contribution in [2.75, 3.05) is 13.7 Å². The van der Waals surface area contributed by atoms with Gasteiger partial charge in [0.05, 0.1) is 18.8 Å². The van der Waals surface area contributed by atoms with Gasteiger partial charge in [-0.3, -0.25) is 19.7 Å². The second kappa shape index (κ2) is 10.3. The van der Waals surface area contributed by atoms with E-state index < -0.39 is 11.9 Å². The third kappa shape index (κ3) is 4.99. The van der Waals surface area contributed by atoms with Gasteiger partial charge in [0, 0.05) is 49.8 Å². The summed E-state index contributed by atoms with van der Waals surface area (Å²) in [6.07, 6.45) is 7.24. The Morgan fingerprint density at radius 2 is 1.94 bits per heavy atom. The summed E-state index contributed by atoms with van der Waals surface area (Å²) in [6, 6.07) is 3.17. The lowest BCUT2D eigenvalue weighted by molar-refractivity contribution is -0.136. The number of methoxy groups -OCH3 is 1. The molecule has 1 aromatic carbocycles. The Labute approximate surface area is 204 Å². The standard InChI is InChI=1S/C26H34FN3O5/c1-34-17-7-5-16(6-8-17)28-20-3-2-12-35-22(20)13-15-4-9-18-19(24(15)27)14-30(26(18)33)21-10-11-23(31)29-25(21)32/h4,9,16-17,20-22,28H,2-3,5-8,10-14H2,1H3,(H,29,31,32)/t16-,17-,20-,21?,22+/m0/s1. The number of nitrogens with one attached hydrogen (secondary N) is 2. The fourth-order valence-corrected chi connectivity index (χ4v) is 6.03. The molecule has 2 saturated heterocycles. The number of nitrogens with zero attached hydrogens (tertiary/aromatic N) is 1. The fraction of sp³-hybridized carbons (Fsp3) is 0.654. The van der Waals surface area contributed by atoms with Crippen LogP contribution in [0.5, 0.6) is 0 Å². The lowest BCUT2D eigenvalue weighted by Crippen LogP contribution is -2.52. The van der Waals surface area contributed by atoms with Crippen LogP contribution in [0.2, 0.25) is 0 Å².